The van der Waals surface area contributed by atoms with Crippen LogP contribution in [0, 0.1) is 11.3 Å². The maximum Gasteiger partial charge on any atom is 0.318 e. The molecule has 0 fully saturated rings. The number of nitrogens with two attached hydrogens (primary N) is 1. The Labute approximate surface area is 172 Å². The minimum Gasteiger partial charge on any atom is -0.480 e. The fourth-order valence-corrected chi connectivity index (χ4v) is 3.28. The molecule has 2 aromatic rings. The minimum absolute atomic E-state index is 0.0337. The van der Waals surface area contributed by atoms with Crippen LogP contribution in [0.5, 0.6) is 5.88 Å². The Kier molecular flexibility index (Phi) is 7.29. The van der Waals surface area contributed by atoms with Crippen molar-refractivity contribution in [1.29, 1.82) is 5.26 Å². The number of carbonyl (C=O) groups excluding carboxylic acids is 1. The number of ether oxygens (including phenoxy) is 1. The predicted octanol–water partition coefficient (Wildman–Crippen LogP) is 0.227. The molecule has 2 rings (SSSR count). The van der Waals surface area contributed by atoms with E-state index in [0.29, 0.717) is 5.56 Å². The molecule has 1 amide bonds. The zero-order valence-corrected chi connectivity index (χ0v) is 16.7. The van der Waals surface area contributed by atoms with Crippen LogP contribution in [0.25, 0.3) is 0 Å². The van der Waals surface area contributed by atoms with Crippen molar-refractivity contribution in [2.45, 2.75) is 18.4 Å². The molecule has 0 radical (unpaired) electrons. The van der Waals surface area contributed by atoms with Gasteiger partial charge in [0.25, 0.3) is 5.91 Å². The number of carboxylic acids is 1. The first-order valence-electron chi connectivity index (χ1n) is 8.60. The molecule has 0 saturated heterocycles. The first kappa shape index (κ1) is 22.6. The van der Waals surface area contributed by atoms with Crippen LogP contribution in [0.15, 0.2) is 35.2 Å². The smallest absolute Gasteiger partial charge is 0.318 e. The van der Waals surface area contributed by atoms with Gasteiger partial charge in [-0.25, -0.2) is 13.4 Å². The van der Waals surface area contributed by atoms with E-state index in [2.05, 4.69) is 10.3 Å². The number of benzene rings is 1. The van der Waals surface area contributed by atoms with Gasteiger partial charge in [-0.05, 0) is 30.7 Å². The number of sulfonamides is 1. The summed E-state index contributed by atoms with van der Waals surface area (Å²) in [5, 5.41) is 20.3. The van der Waals surface area contributed by atoms with E-state index in [1.54, 1.807) is 6.92 Å². The average molecular weight is 433 g/mol. The second-order valence-electron chi connectivity index (χ2n) is 5.87. The van der Waals surface area contributed by atoms with E-state index in [4.69, 9.17) is 20.8 Å². The fourth-order valence-electron chi connectivity index (χ4n) is 2.31. The summed E-state index contributed by atoms with van der Waals surface area (Å²) in [5.41, 5.74) is 6.44. The van der Waals surface area contributed by atoms with E-state index >= 15 is 0 Å². The van der Waals surface area contributed by atoms with E-state index in [-0.39, 0.29) is 40.9 Å². The number of carbonyl (C=O) groups is 2. The van der Waals surface area contributed by atoms with Gasteiger partial charge in [0.05, 0.1) is 17.2 Å². The van der Waals surface area contributed by atoms with Crippen LogP contribution in [0.3, 0.4) is 0 Å². The van der Waals surface area contributed by atoms with Gasteiger partial charge >= 0.3 is 5.97 Å². The normalized spacial score (nSPS) is 10.8. The molecule has 0 aliphatic rings. The lowest BCUT2D eigenvalue weighted by atomic mass is 10.2. The van der Waals surface area contributed by atoms with E-state index in [1.807, 2.05) is 10.8 Å². The lowest BCUT2D eigenvalue weighted by molar-refractivity contribution is -0.135. The Morgan fingerprint density at radius 2 is 1.97 bits per heavy atom. The molecule has 0 aliphatic heterocycles. The van der Waals surface area contributed by atoms with Gasteiger partial charge in [-0.1, -0.05) is 12.1 Å². The Morgan fingerprint density at radius 3 is 2.53 bits per heavy atom. The third-order valence-electron chi connectivity index (χ3n) is 3.74. The molecular formula is C18H19N5O6S. The van der Waals surface area contributed by atoms with Crippen LogP contribution >= 0.6 is 0 Å². The maximum absolute atomic E-state index is 12.4. The molecule has 30 heavy (non-hydrogen) atoms. The second kappa shape index (κ2) is 9.68. The van der Waals surface area contributed by atoms with Crippen LogP contribution in [-0.2, 0) is 21.4 Å². The molecule has 0 aliphatic carbocycles. The zero-order chi connectivity index (χ0) is 22.3. The van der Waals surface area contributed by atoms with Gasteiger partial charge in [0.1, 0.15) is 23.9 Å². The number of carboxylic acid groups (broad SMARTS) is 1. The maximum atomic E-state index is 12.4. The van der Waals surface area contributed by atoms with Crippen LogP contribution in [-0.4, -0.2) is 43.5 Å². The lowest BCUT2D eigenvalue weighted by Crippen LogP contribution is -2.29. The molecule has 1 aromatic heterocycles. The number of nitriles is 1. The summed E-state index contributed by atoms with van der Waals surface area (Å²) in [5.74, 6) is -1.90. The highest BCUT2D eigenvalue weighted by molar-refractivity contribution is 7.89. The van der Waals surface area contributed by atoms with Crippen LogP contribution in [0.1, 0.15) is 28.5 Å². The van der Waals surface area contributed by atoms with E-state index in [1.165, 1.54) is 30.3 Å². The monoisotopic (exact) mass is 433 g/mol. The van der Waals surface area contributed by atoms with Crippen LogP contribution in [0.2, 0.25) is 0 Å². The van der Waals surface area contributed by atoms with Gasteiger partial charge in [-0.2, -0.15) is 9.98 Å². The third-order valence-corrected chi connectivity index (χ3v) is 5.16. The van der Waals surface area contributed by atoms with Gasteiger partial charge in [-0.15, -0.1) is 0 Å². The summed E-state index contributed by atoms with van der Waals surface area (Å²) < 4.78 is 31.1. The SMILES string of the molecule is CCOc1nc(C(=O)NCc2ccc(S(=O)(=O)NCC(=O)O)cc2)cc(N)c1C#N. The van der Waals surface area contributed by atoms with Crippen molar-refractivity contribution >= 4 is 27.6 Å². The lowest BCUT2D eigenvalue weighted by Gasteiger charge is -2.10. The van der Waals surface area contributed by atoms with Crippen molar-refractivity contribution in [1.82, 2.24) is 15.0 Å². The first-order valence-corrected chi connectivity index (χ1v) is 10.1. The number of hydrogen-bond acceptors (Lipinski definition) is 8. The number of hydrogen-bond donors (Lipinski definition) is 4. The largest absolute Gasteiger partial charge is 0.480 e. The summed E-state index contributed by atoms with van der Waals surface area (Å²) >= 11 is 0. The topological polar surface area (TPSA) is 184 Å². The van der Waals surface area contributed by atoms with E-state index < -0.39 is 28.4 Å². The van der Waals surface area contributed by atoms with Crippen molar-refractivity contribution in [3.63, 3.8) is 0 Å². The highest BCUT2D eigenvalue weighted by Gasteiger charge is 2.17. The van der Waals surface area contributed by atoms with E-state index in [0.717, 1.165) is 0 Å². The second-order valence-corrected chi connectivity index (χ2v) is 7.63. The summed E-state index contributed by atoms with van der Waals surface area (Å²) in [4.78, 5) is 26.8. The summed E-state index contributed by atoms with van der Waals surface area (Å²) in [6.45, 7) is 1.27. The Hall–Kier alpha value is -3.69. The Morgan fingerprint density at radius 1 is 1.30 bits per heavy atom. The van der Waals surface area contributed by atoms with Crippen LogP contribution in [0.4, 0.5) is 5.69 Å². The molecule has 1 heterocycles. The van der Waals surface area contributed by atoms with Crippen molar-refractivity contribution in [3.8, 4) is 11.9 Å². The van der Waals surface area contributed by atoms with Gasteiger partial charge in [0, 0.05) is 6.54 Å². The molecule has 0 bridgehead atoms. The third kappa shape index (κ3) is 5.66. The number of pyridine rings is 1. The number of anilines is 1. The number of aliphatic carboxylic acids is 1. The first-order chi connectivity index (χ1) is 14.2. The highest BCUT2D eigenvalue weighted by atomic mass is 32.2. The summed E-state index contributed by atoms with van der Waals surface area (Å²) in [6.07, 6.45) is 0. The van der Waals surface area contributed by atoms with Crippen molar-refractivity contribution in [3.05, 3.63) is 47.2 Å². The van der Waals surface area contributed by atoms with Crippen molar-refractivity contribution in [2.24, 2.45) is 0 Å². The molecule has 1 aromatic carbocycles. The Balaban J connectivity index is 2.08. The number of nitrogens with one attached hydrogen (secondary N) is 2. The number of amides is 1. The summed E-state index contributed by atoms with van der Waals surface area (Å²) in [7, 11) is -3.95. The molecule has 0 atom stereocenters. The molecule has 0 spiro atoms. The number of aromatic nitrogens is 1. The molecule has 158 valence electrons. The molecule has 5 N–H and O–H groups in total. The molecular weight excluding hydrogens is 414 g/mol. The molecule has 0 saturated carbocycles. The average Bonchev–Trinajstić information content (AvgIpc) is 2.71. The van der Waals surface area contributed by atoms with Gasteiger partial charge < -0.3 is 20.9 Å². The summed E-state index contributed by atoms with van der Waals surface area (Å²) in [6, 6.07) is 8.66. The predicted molar refractivity (Wildman–Crippen MR) is 105 cm³/mol. The number of rotatable bonds is 9. The van der Waals surface area contributed by atoms with Crippen LogP contribution < -0.4 is 20.5 Å². The van der Waals surface area contributed by atoms with Gasteiger partial charge in [-0.3, -0.25) is 9.59 Å². The fraction of sp³-hybridized carbons (Fsp3) is 0.222. The number of nitrogens with zero attached hydrogens (tertiary/aromatic N) is 2. The zero-order valence-electron chi connectivity index (χ0n) is 15.9. The van der Waals surface area contributed by atoms with E-state index in [9.17, 15) is 18.0 Å². The van der Waals surface area contributed by atoms with Crippen molar-refractivity contribution < 1.29 is 27.9 Å². The van der Waals surface area contributed by atoms with Gasteiger partial charge in [0.2, 0.25) is 15.9 Å². The molecule has 11 nitrogen and oxygen atoms in total. The van der Waals surface area contributed by atoms with Gasteiger partial charge in [0.15, 0.2) is 0 Å². The Bertz CT molecular complexity index is 1090. The standard InChI is InChI=1S/C18H19N5O6S/c1-2-29-18-13(8-19)14(20)7-15(23-18)17(26)21-9-11-3-5-12(6-4-11)30(27,28)22-10-16(24)25/h3-7,22H,2,9-10H2,1H3,(H2,20,23)(H,21,26)(H,24,25). The van der Waals surface area contributed by atoms with Crippen molar-refractivity contribution in [2.75, 3.05) is 18.9 Å². The number of nitrogen functional groups attached to an aromatic ring is 1. The molecule has 12 heteroatoms. The minimum atomic E-state index is -3.95. The molecule has 0 unspecified atom stereocenters. The quantitative estimate of drug-likeness (QED) is 0.429. The highest BCUT2D eigenvalue weighted by Crippen LogP contribution is 2.22.